The molecule has 0 bridgehead atoms. The lowest BCUT2D eigenvalue weighted by Crippen LogP contribution is -2.50. The molecule has 8 nitrogen and oxygen atoms in total. The van der Waals surface area contributed by atoms with Crippen LogP contribution in [0, 0.1) is 5.92 Å². The van der Waals surface area contributed by atoms with Crippen molar-refractivity contribution >= 4 is 5.69 Å². The number of anilines is 1. The first-order valence-electron chi connectivity index (χ1n) is 17.0. The number of hydrogen-bond acceptors (Lipinski definition) is 8. The molecule has 0 spiro atoms. The average molecular weight is 610 g/mol. The Bertz CT molecular complexity index is 1110. The number of ether oxygens (including phenoxy) is 5. The molecule has 244 valence electrons. The Morgan fingerprint density at radius 3 is 2.59 bits per heavy atom. The van der Waals surface area contributed by atoms with E-state index in [1.165, 1.54) is 54.7 Å². The number of hydrogen-bond donors (Lipinski definition) is 1. The van der Waals surface area contributed by atoms with Crippen molar-refractivity contribution in [1.29, 1.82) is 0 Å². The molecule has 5 rings (SSSR count). The fourth-order valence-electron chi connectivity index (χ4n) is 7.02. The van der Waals surface area contributed by atoms with E-state index in [0.717, 1.165) is 58.1 Å². The molecule has 8 heteroatoms. The van der Waals surface area contributed by atoms with Gasteiger partial charge in [-0.3, -0.25) is 0 Å². The first-order chi connectivity index (χ1) is 21.6. The normalized spacial score (nSPS) is 23.2. The fraction of sp³-hybridized carbons (Fsp3) is 0.667. The minimum Gasteiger partial charge on any atom is -0.490 e. The van der Waals surface area contributed by atoms with E-state index in [4.69, 9.17) is 23.7 Å². The van der Waals surface area contributed by atoms with Gasteiger partial charge < -0.3 is 38.8 Å². The smallest absolute Gasteiger partial charge is 0.142 e. The molecule has 44 heavy (non-hydrogen) atoms. The number of rotatable bonds is 16. The zero-order valence-electron chi connectivity index (χ0n) is 27.3. The highest BCUT2D eigenvalue weighted by molar-refractivity contribution is 5.61. The summed E-state index contributed by atoms with van der Waals surface area (Å²) in [7, 11) is 1.77. The standard InChI is InChI=1S/C36H55N3O5/c1-4-42-28(2)25-41-26-29-9-12-31(13-10-29)36-32(24-38-15-6-5-7-16-38)22-37-23-35(36)44-27-30-11-14-34-33(21-30)39(18-20-43-34)17-8-19-40-3/h9-14,21,28,32,35-37H,4-8,15-20,22-27H2,1-3H3/t28-,32+,35+,36+/m1/s1. The van der Waals surface area contributed by atoms with E-state index in [0.29, 0.717) is 38.3 Å². The van der Waals surface area contributed by atoms with Crippen molar-refractivity contribution in [3.63, 3.8) is 0 Å². The van der Waals surface area contributed by atoms with Crippen LogP contribution < -0.4 is 15.0 Å². The van der Waals surface area contributed by atoms with Crippen molar-refractivity contribution in [1.82, 2.24) is 10.2 Å². The van der Waals surface area contributed by atoms with E-state index >= 15 is 0 Å². The summed E-state index contributed by atoms with van der Waals surface area (Å²) in [5.41, 5.74) is 4.93. The summed E-state index contributed by atoms with van der Waals surface area (Å²) in [6.45, 7) is 15.4. The Morgan fingerprint density at radius 1 is 0.977 bits per heavy atom. The topological polar surface area (TPSA) is 64.7 Å². The highest BCUT2D eigenvalue weighted by Gasteiger charge is 2.36. The minimum absolute atomic E-state index is 0.0952. The molecule has 0 saturated carbocycles. The van der Waals surface area contributed by atoms with Gasteiger partial charge in [0, 0.05) is 45.9 Å². The molecule has 0 aromatic heterocycles. The van der Waals surface area contributed by atoms with E-state index in [1.54, 1.807) is 7.11 Å². The van der Waals surface area contributed by atoms with Gasteiger partial charge in [0.15, 0.2) is 0 Å². The van der Waals surface area contributed by atoms with Crippen LogP contribution >= 0.6 is 0 Å². The molecule has 1 N–H and O–H groups in total. The van der Waals surface area contributed by atoms with Gasteiger partial charge in [0.1, 0.15) is 12.4 Å². The number of fused-ring (bicyclic) bond motifs is 1. The van der Waals surface area contributed by atoms with Crippen LogP contribution in [0.3, 0.4) is 0 Å². The van der Waals surface area contributed by atoms with Gasteiger partial charge in [-0.1, -0.05) is 36.8 Å². The molecule has 0 amide bonds. The van der Waals surface area contributed by atoms with Crippen molar-refractivity contribution in [2.45, 2.75) is 70.9 Å². The lowest BCUT2D eigenvalue weighted by molar-refractivity contribution is -0.0125. The molecule has 0 unspecified atom stereocenters. The van der Waals surface area contributed by atoms with Gasteiger partial charge >= 0.3 is 0 Å². The molecule has 2 saturated heterocycles. The van der Waals surface area contributed by atoms with Crippen LogP contribution in [0.5, 0.6) is 5.75 Å². The second kappa shape index (κ2) is 17.5. The molecule has 3 heterocycles. The van der Waals surface area contributed by atoms with Gasteiger partial charge in [-0.15, -0.1) is 0 Å². The van der Waals surface area contributed by atoms with Crippen LogP contribution in [0.2, 0.25) is 0 Å². The molecular weight excluding hydrogens is 554 g/mol. The molecule has 0 radical (unpaired) electrons. The van der Waals surface area contributed by atoms with Crippen LogP contribution in [-0.4, -0.2) is 96.5 Å². The van der Waals surface area contributed by atoms with Gasteiger partial charge in [0.05, 0.1) is 44.3 Å². The lowest BCUT2D eigenvalue weighted by Gasteiger charge is -2.42. The maximum absolute atomic E-state index is 6.83. The van der Waals surface area contributed by atoms with Gasteiger partial charge in [0.25, 0.3) is 0 Å². The zero-order chi connectivity index (χ0) is 30.6. The third-order valence-electron chi connectivity index (χ3n) is 9.26. The Labute approximate surface area is 265 Å². The number of likely N-dealkylation sites (tertiary alicyclic amines) is 1. The summed E-state index contributed by atoms with van der Waals surface area (Å²) in [5.74, 6) is 1.79. The number of benzene rings is 2. The fourth-order valence-corrected chi connectivity index (χ4v) is 7.02. The summed E-state index contributed by atoms with van der Waals surface area (Å²) >= 11 is 0. The summed E-state index contributed by atoms with van der Waals surface area (Å²) < 4.78 is 29.7. The molecule has 3 aliphatic heterocycles. The highest BCUT2D eigenvalue weighted by Crippen LogP contribution is 2.36. The summed E-state index contributed by atoms with van der Waals surface area (Å²) in [6, 6.07) is 15.6. The number of nitrogens with one attached hydrogen (secondary N) is 1. The second-order valence-electron chi connectivity index (χ2n) is 12.7. The van der Waals surface area contributed by atoms with E-state index < -0.39 is 0 Å². The van der Waals surface area contributed by atoms with Crippen molar-refractivity contribution in [2.24, 2.45) is 5.92 Å². The first-order valence-corrected chi connectivity index (χ1v) is 17.0. The lowest BCUT2D eigenvalue weighted by atomic mass is 9.78. The Morgan fingerprint density at radius 2 is 1.80 bits per heavy atom. The number of piperidine rings is 2. The summed E-state index contributed by atoms with van der Waals surface area (Å²) in [5, 5.41) is 3.73. The third-order valence-corrected chi connectivity index (χ3v) is 9.26. The van der Waals surface area contributed by atoms with E-state index in [-0.39, 0.29) is 12.2 Å². The first kappa shape index (κ1) is 33.2. The quantitative estimate of drug-likeness (QED) is 0.260. The molecule has 2 aromatic carbocycles. The van der Waals surface area contributed by atoms with Crippen LogP contribution in [-0.2, 0) is 32.2 Å². The Balaban J connectivity index is 1.27. The maximum Gasteiger partial charge on any atom is 0.142 e. The largest absolute Gasteiger partial charge is 0.490 e. The van der Waals surface area contributed by atoms with Gasteiger partial charge in [0.2, 0.25) is 0 Å². The Kier molecular flexibility index (Phi) is 13.2. The molecule has 3 aliphatic rings. The SMILES string of the molecule is CCO[C@H](C)COCc1ccc([C@H]2[C@H](CN3CCCCC3)CNC[C@@H]2OCc2ccc3c(c2)N(CCCOC)CCO3)cc1. The molecule has 2 fully saturated rings. The average Bonchev–Trinajstić information content (AvgIpc) is 3.05. The predicted molar refractivity (Wildman–Crippen MR) is 176 cm³/mol. The zero-order valence-corrected chi connectivity index (χ0v) is 27.3. The van der Waals surface area contributed by atoms with Crippen molar-refractivity contribution in [3.05, 3.63) is 59.2 Å². The Hall–Kier alpha value is -2.20. The van der Waals surface area contributed by atoms with Crippen molar-refractivity contribution < 1.29 is 23.7 Å². The van der Waals surface area contributed by atoms with Crippen molar-refractivity contribution in [3.8, 4) is 5.75 Å². The highest BCUT2D eigenvalue weighted by atomic mass is 16.5. The van der Waals surface area contributed by atoms with Crippen molar-refractivity contribution in [2.75, 3.05) is 84.3 Å². The van der Waals surface area contributed by atoms with Gasteiger partial charge in [-0.2, -0.15) is 0 Å². The van der Waals surface area contributed by atoms with E-state index in [2.05, 4.69) is 64.5 Å². The predicted octanol–water partition coefficient (Wildman–Crippen LogP) is 5.24. The monoisotopic (exact) mass is 609 g/mol. The molecule has 4 atom stereocenters. The molecular formula is C36H55N3O5. The summed E-state index contributed by atoms with van der Waals surface area (Å²) in [6.07, 6.45) is 5.19. The minimum atomic E-state index is 0.0952. The second-order valence-corrected chi connectivity index (χ2v) is 12.7. The van der Waals surface area contributed by atoms with Crippen LogP contribution in [0.15, 0.2) is 42.5 Å². The van der Waals surface area contributed by atoms with Crippen LogP contribution in [0.1, 0.15) is 62.1 Å². The maximum atomic E-state index is 6.83. The third kappa shape index (κ3) is 9.41. The number of methoxy groups -OCH3 is 1. The van der Waals surface area contributed by atoms with Crippen LogP contribution in [0.25, 0.3) is 0 Å². The van der Waals surface area contributed by atoms with E-state index in [9.17, 15) is 0 Å². The molecule has 2 aromatic rings. The van der Waals surface area contributed by atoms with E-state index in [1.807, 2.05) is 6.92 Å². The van der Waals surface area contributed by atoms with Gasteiger partial charge in [-0.05, 0) is 87.5 Å². The van der Waals surface area contributed by atoms with Crippen LogP contribution in [0.4, 0.5) is 5.69 Å². The number of nitrogens with zero attached hydrogens (tertiary/aromatic N) is 2. The molecule has 0 aliphatic carbocycles. The van der Waals surface area contributed by atoms with Gasteiger partial charge in [-0.25, -0.2) is 0 Å². The summed E-state index contributed by atoms with van der Waals surface area (Å²) in [4.78, 5) is 5.10.